The monoisotopic (exact) mass is 305 g/mol. The van der Waals surface area contributed by atoms with Gasteiger partial charge in [0.15, 0.2) is 0 Å². The normalized spacial score (nSPS) is 19.0. The van der Waals surface area contributed by atoms with E-state index in [1.807, 2.05) is 29.7 Å². The van der Waals surface area contributed by atoms with Crippen LogP contribution in [0.5, 0.6) is 0 Å². The van der Waals surface area contributed by atoms with Gasteiger partial charge in [-0.25, -0.2) is 4.79 Å². The van der Waals surface area contributed by atoms with Crippen LogP contribution in [0.25, 0.3) is 6.08 Å². The van der Waals surface area contributed by atoms with Crippen molar-refractivity contribution in [2.45, 2.75) is 19.1 Å². The van der Waals surface area contributed by atoms with Gasteiger partial charge in [0.25, 0.3) is 5.91 Å². The molecule has 1 amide bonds. The lowest BCUT2D eigenvalue weighted by Crippen LogP contribution is -2.41. The van der Waals surface area contributed by atoms with Crippen molar-refractivity contribution >= 4 is 29.7 Å². The molecule has 1 N–H and O–H groups in total. The summed E-state index contributed by atoms with van der Waals surface area (Å²) < 4.78 is 0. The van der Waals surface area contributed by atoms with E-state index < -0.39 is 5.97 Å². The zero-order valence-electron chi connectivity index (χ0n) is 12.2. The molecule has 1 aliphatic heterocycles. The van der Waals surface area contributed by atoms with Crippen molar-refractivity contribution in [3.63, 3.8) is 0 Å². The largest absolute Gasteiger partial charge is 0.478 e. The van der Waals surface area contributed by atoms with Gasteiger partial charge >= 0.3 is 5.97 Å². The van der Waals surface area contributed by atoms with Crippen LogP contribution in [-0.2, 0) is 4.79 Å². The van der Waals surface area contributed by atoms with Gasteiger partial charge in [-0.2, -0.15) is 11.8 Å². The second-order valence-electron chi connectivity index (χ2n) is 5.18. The minimum Gasteiger partial charge on any atom is -0.478 e. The van der Waals surface area contributed by atoms with Crippen LogP contribution in [0.2, 0.25) is 0 Å². The number of carboxylic acids is 1. The van der Waals surface area contributed by atoms with E-state index in [0.717, 1.165) is 36.0 Å². The van der Waals surface area contributed by atoms with Gasteiger partial charge < -0.3 is 10.0 Å². The molecule has 1 aliphatic rings. The second kappa shape index (κ2) is 6.80. The Kier molecular flexibility index (Phi) is 5.07. The highest BCUT2D eigenvalue weighted by molar-refractivity contribution is 7.99. The minimum atomic E-state index is -0.977. The number of nitrogens with zero attached hydrogens (tertiary/aromatic N) is 1. The number of amides is 1. The number of thioether (sulfide) groups is 1. The SMILES string of the molecule is Cc1cc(C(=O)N2CCSC(C)C2)ccc1/C=C/C(=O)O. The number of benzene rings is 1. The van der Waals surface area contributed by atoms with E-state index in [-0.39, 0.29) is 5.91 Å². The number of aliphatic carboxylic acids is 1. The lowest BCUT2D eigenvalue weighted by molar-refractivity contribution is -0.131. The molecule has 21 heavy (non-hydrogen) atoms. The van der Waals surface area contributed by atoms with Crippen molar-refractivity contribution in [3.8, 4) is 0 Å². The van der Waals surface area contributed by atoms with Crippen molar-refractivity contribution in [1.29, 1.82) is 0 Å². The smallest absolute Gasteiger partial charge is 0.328 e. The molecule has 0 radical (unpaired) electrons. The first kappa shape index (κ1) is 15.6. The maximum atomic E-state index is 12.5. The molecule has 1 fully saturated rings. The Balaban J connectivity index is 2.15. The Labute approximate surface area is 128 Å². The molecule has 0 spiro atoms. The van der Waals surface area contributed by atoms with Crippen LogP contribution in [0.4, 0.5) is 0 Å². The molecule has 1 aromatic rings. The fourth-order valence-electron chi connectivity index (χ4n) is 2.34. The molecule has 0 aromatic heterocycles. The fourth-order valence-corrected chi connectivity index (χ4v) is 3.36. The van der Waals surface area contributed by atoms with Gasteiger partial charge in [-0.1, -0.05) is 13.0 Å². The molecule has 1 unspecified atom stereocenters. The zero-order chi connectivity index (χ0) is 15.4. The van der Waals surface area contributed by atoms with Crippen LogP contribution in [0.1, 0.15) is 28.4 Å². The average Bonchev–Trinajstić information content (AvgIpc) is 2.45. The number of rotatable bonds is 3. The molecule has 0 aliphatic carbocycles. The third-order valence-electron chi connectivity index (χ3n) is 3.45. The Morgan fingerprint density at radius 2 is 2.19 bits per heavy atom. The summed E-state index contributed by atoms with van der Waals surface area (Å²) in [6, 6.07) is 5.39. The third-order valence-corrected chi connectivity index (χ3v) is 4.59. The Morgan fingerprint density at radius 1 is 1.43 bits per heavy atom. The number of aryl methyl sites for hydroxylation is 1. The molecule has 2 rings (SSSR count). The Morgan fingerprint density at radius 3 is 2.81 bits per heavy atom. The van der Waals surface area contributed by atoms with Crippen LogP contribution in [0, 0.1) is 6.92 Å². The summed E-state index contributed by atoms with van der Waals surface area (Å²) in [4.78, 5) is 24.9. The maximum absolute atomic E-state index is 12.5. The number of hydrogen-bond acceptors (Lipinski definition) is 3. The molecule has 4 nitrogen and oxygen atoms in total. The van der Waals surface area contributed by atoms with E-state index in [4.69, 9.17) is 5.11 Å². The van der Waals surface area contributed by atoms with Gasteiger partial charge in [0.2, 0.25) is 0 Å². The molecule has 1 heterocycles. The highest BCUT2D eigenvalue weighted by Crippen LogP contribution is 2.21. The molecular weight excluding hydrogens is 286 g/mol. The van der Waals surface area contributed by atoms with Gasteiger partial charge in [-0.15, -0.1) is 0 Å². The maximum Gasteiger partial charge on any atom is 0.328 e. The molecule has 1 aromatic carbocycles. The van der Waals surface area contributed by atoms with E-state index in [1.165, 1.54) is 0 Å². The van der Waals surface area contributed by atoms with Crippen molar-refractivity contribution in [2.75, 3.05) is 18.8 Å². The lowest BCUT2D eigenvalue weighted by Gasteiger charge is -2.30. The van der Waals surface area contributed by atoms with Crippen molar-refractivity contribution in [1.82, 2.24) is 4.90 Å². The summed E-state index contributed by atoms with van der Waals surface area (Å²) in [5.41, 5.74) is 2.38. The third kappa shape index (κ3) is 4.11. The van der Waals surface area contributed by atoms with E-state index in [2.05, 4.69) is 6.92 Å². The van der Waals surface area contributed by atoms with E-state index >= 15 is 0 Å². The van der Waals surface area contributed by atoms with Crippen LogP contribution in [0.15, 0.2) is 24.3 Å². The van der Waals surface area contributed by atoms with Gasteiger partial charge in [0.1, 0.15) is 0 Å². The first-order valence-electron chi connectivity index (χ1n) is 6.90. The second-order valence-corrected chi connectivity index (χ2v) is 6.72. The van der Waals surface area contributed by atoms with Crippen molar-refractivity contribution in [3.05, 3.63) is 41.0 Å². The standard InChI is InChI=1S/C16H19NO3S/c1-11-9-14(4-3-13(11)5-6-15(18)19)16(20)17-7-8-21-12(2)10-17/h3-6,9,12H,7-8,10H2,1-2H3,(H,18,19)/b6-5+. The molecule has 5 heteroatoms. The van der Waals surface area contributed by atoms with E-state index in [1.54, 1.807) is 18.2 Å². The number of hydrogen-bond donors (Lipinski definition) is 1. The predicted octanol–water partition coefficient (Wildman–Crippen LogP) is 2.67. The van der Waals surface area contributed by atoms with Crippen LogP contribution in [0.3, 0.4) is 0 Å². The Bertz CT molecular complexity index is 583. The topological polar surface area (TPSA) is 57.6 Å². The lowest BCUT2D eigenvalue weighted by atomic mass is 10.0. The first-order chi connectivity index (χ1) is 9.97. The highest BCUT2D eigenvalue weighted by atomic mass is 32.2. The van der Waals surface area contributed by atoms with Gasteiger partial charge in [-0.05, 0) is 36.3 Å². The molecular formula is C16H19NO3S. The Hall–Kier alpha value is -1.75. The van der Waals surface area contributed by atoms with Crippen molar-refractivity contribution in [2.24, 2.45) is 0 Å². The minimum absolute atomic E-state index is 0.0546. The summed E-state index contributed by atoms with van der Waals surface area (Å²) in [7, 11) is 0. The van der Waals surface area contributed by atoms with Gasteiger partial charge in [0, 0.05) is 35.7 Å². The van der Waals surface area contributed by atoms with E-state index in [9.17, 15) is 9.59 Å². The highest BCUT2D eigenvalue weighted by Gasteiger charge is 2.22. The molecule has 1 saturated heterocycles. The summed E-state index contributed by atoms with van der Waals surface area (Å²) in [6.45, 7) is 5.58. The molecule has 1 atom stereocenters. The van der Waals surface area contributed by atoms with Crippen LogP contribution in [-0.4, -0.2) is 46.0 Å². The molecule has 0 saturated carbocycles. The van der Waals surface area contributed by atoms with Crippen LogP contribution >= 0.6 is 11.8 Å². The van der Waals surface area contributed by atoms with Gasteiger partial charge in [-0.3, -0.25) is 4.79 Å². The summed E-state index contributed by atoms with van der Waals surface area (Å²) in [6.07, 6.45) is 2.65. The van der Waals surface area contributed by atoms with Gasteiger partial charge in [0.05, 0.1) is 0 Å². The fraction of sp³-hybridized carbons (Fsp3) is 0.375. The number of carboxylic acid groups (broad SMARTS) is 1. The summed E-state index contributed by atoms with van der Waals surface area (Å²) in [5.74, 6) is 0.0547. The molecule has 112 valence electrons. The predicted molar refractivity (Wildman–Crippen MR) is 85.7 cm³/mol. The summed E-state index contributed by atoms with van der Waals surface area (Å²) >= 11 is 1.89. The van der Waals surface area contributed by atoms with Crippen LogP contribution < -0.4 is 0 Å². The van der Waals surface area contributed by atoms with E-state index in [0.29, 0.717) is 10.8 Å². The van der Waals surface area contributed by atoms with Crippen molar-refractivity contribution < 1.29 is 14.7 Å². The quantitative estimate of drug-likeness (QED) is 0.872. The first-order valence-corrected chi connectivity index (χ1v) is 7.95. The molecule has 0 bridgehead atoms. The summed E-state index contributed by atoms with van der Waals surface area (Å²) in [5, 5.41) is 9.13. The number of carbonyl (C=O) groups excluding carboxylic acids is 1. The average molecular weight is 305 g/mol. The number of carbonyl (C=O) groups is 2. The zero-order valence-corrected chi connectivity index (χ0v) is 13.0.